The molecule has 2 rings (SSSR count). The zero-order valence-corrected chi connectivity index (χ0v) is 13.2. The first-order chi connectivity index (χ1) is 9.84. The molecule has 0 saturated heterocycles. The predicted octanol–water partition coefficient (Wildman–Crippen LogP) is 5.09. The predicted molar refractivity (Wildman–Crippen MR) is 81.2 cm³/mol. The molecule has 1 N–H and O–H groups in total. The Labute approximate surface area is 130 Å². The maximum absolute atomic E-state index is 12.7. The molecule has 1 unspecified atom stereocenters. The molecule has 5 heteroatoms. The fourth-order valence-electron chi connectivity index (χ4n) is 2.36. The maximum atomic E-state index is 12.7. The highest BCUT2D eigenvalue weighted by Gasteiger charge is 2.31. The topological polar surface area (TPSA) is 12.0 Å². The minimum absolute atomic E-state index is 0.164. The molecule has 2 aromatic rings. The largest absolute Gasteiger partial charge is 0.416 e. The van der Waals surface area contributed by atoms with E-state index in [0.717, 1.165) is 21.7 Å². The fraction of sp³-hybridized carbons (Fsp3) is 0.250. The molecule has 1 atom stereocenters. The molecule has 0 aromatic heterocycles. The van der Waals surface area contributed by atoms with Gasteiger partial charge in [0.25, 0.3) is 0 Å². The summed E-state index contributed by atoms with van der Waals surface area (Å²) in [6.45, 7) is 1.70. The van der Waals surface area contributed by atoms with Crippen LogP contribution in [0.5, 0.6) is 0 Å². The van der Waals surface area contributed by atoms with Gasteiger partial charge in [-0.25, -0.2) is 0 Å². The number of hydrogen-bond donors (Lipinski definition) is 1. The van der Waals surface area contributed by atoms with Crippen LogP contribution in [-0.2, 0) is 6.18 Å². The molecule has 112 valence electrons. The summed E-state index contributed by atoms with van der Waals surface area (Å²) in [4.78, 5) is 0. The lowest BCUT2D eigenvalue weighted by molar-refractivity contribution is -0.137. The molecule has 1 nitrogen and oxygen atoms in total. The quantitative estimate of drug-likeness (QED) is 0.806. The molecule has 21 heavy (non-hydrogen) atoms. The van der Waals surface area contributed by atoms with E-state index in [0.29, 0.717) is 5.56 Å². The molecule has 0 amide bonds. The summed E-state index contributed by atoms with van der Waals surface area (Å²) >= 11 is 3.49. The molecule has 0 radical (unpaired) electrons. The maximum Gasteiger partial charge on any atom is 0.416 e. The van der Waals surface area contributed by atoms with Crippen molar-refractivity contribution in [1.29, 1.82) is 0 Å². The van der Waals surface area contributed by atoms with Gasteiger partial charge in [0, 0.05) is 4.47 Å². The molecule has 0 aliphatic rings. The van der Waals surface area contributed by atoms with Gasteiger partial charge in [-0.15, -0.1) is 0 Å². The third kappa shape index (κ3) is 3.47. The minimum Gasteiger partial charge on any atom is -0.309 e. The number of rotatable bonds is 3. The Balaban J connectivity index is 2.47. The van der Waals surface area contributed by atoms with E-state index in [1.54, 1.807) is 20.0 Å². The van der Waals surface area contributed by atoms with Crippen molar-refractivity contribution in [3.63, 3.8) is 0 Å². The lowest BCUT2D eigenvalue weighted by Crippen LogP contribution is -2.19. The van der Waals surface area contributed by atoms with Crippen molar-refractivity contribution in [2.75, 3.05) is 7.05 Å². The van der Waals surface area contributed by atoms with Crippen molar-refractivity contribution in [3.05, 3.63) is 69.2 Å². The number of alkyl halides is 3. The number of halogens is 4. The van der Waals surface area contributed by atoms with Gasteiger partial charge in [0.15, 0.2) is 0 Å². The summed E-state index contributed by atoms with van der Waals surface area (Å²) in [6, 6.07) is 11.4. The third-order valence-corrected chi connectivity index (χ3v) is 4.14. The van der Waals surface area contributed by atoms with Crippen LogP contribution in [0.1, 0.15) is 28.3 Å². The van der Waals surface area contributed by atoms with Gasteiger partial charge in [-0.3, -0.25) is 0 Å². The van der Waals surface area contributed by atoms with Crippen molar-refractivity contribution < 1.29 is 13.2 Å². The lowest BCUT2D eigenvalue weighted by Gasteiger charge is -2.21. The zero-order valence-electron chi connectivity index (χ0n) is 11.6. The Morgan fingerprint density at radius 3 is 2.24 bits per heavy atom. The molecule has 0 fully saturated rings. The van der Waals surface area contributed by atoms with Gasteiger partial charge in [-0.2, -0.15) is 13.2 Å². The molecule has 0 bridgehead atoms. The van der Waals surface area contributed by atoms with Gasteiger partial charge in [0.05, 0.1) is 11.6 Å². The second kappa shape index (κ2) is 6.20. The van der Waals surface area contributed by atoms with E-state index in [9.17, 15) is 13.2 Å². The van der Waals surface area contributed by atoms with Crippen molar-refractivity contribution in [1.82, 2.24) is 5.32 Å². The van der Waals surface area contributed by atoms with Crippen molar-refractivity contribution in [2.45, 2.75) is 19.1 Å². The van der Waals surface area contributed by atoms with E-state index in [4.69, 9.17) is 0 Å². The van der Waals surface area contributed by atoms with Crippen LogP contribution in [0.15, 0.2) is 46.9 Å². The van der Waals surface area contributed by atoms with Crippen LogP contribution < -0.4 is 5.32 Å². The molecule has 0 heterocycles. The van der Waals surface area contributed by atoms with Gasteiger partial charge < -0.3 is 5.32 Å². The number of nitrogens with one attached hydrogen (secondary N) is 1. The van der Waals surface area contributed by atoms with E-state index in [1.807, 2.05) is 24.3 Å². The van der Waals surface area contributed by atoms with Gasteiger partial charge >= 0.3 is 6.18 Å². The summed E-state index contributed by atoms with van der Waals surface area (Å²) in [5, 5.41) is 3.16. The molecule has 0 spiro atoms. The summed E-state index contributed by atoms with van der Waals surface area (Å²) in [5.41, 5.74) is 1.81. The summed E-state index contributed by atoms with van der Waals surface area (Å²) < 4.78 is 39.2. The molecule has 2 aromatic carbocycles. The first-order valence-corrected chi connectivity index (χ1v) is 7.23. The second-order valence-electron chi connectivity index (χ2n) is 4.81. The van der Waals surface area contributed by atoms with Crippen LogP contribution in [0.25, 0.3) is 0 Å². The molecule has 0 saturated carbocycles. The average Bonchev–Trinajstić information content (AvgIpc) is 2.42. The van der Waals surface area contributed by atoms with Gasteiger partial charge in [0.2, 0.25) is 0 Å². The second-order valence-corrected chi connectivity index (χ2v) is 5.67. The highest BCUT2D eigenvalue weighted by atomic mass is 79.9. The Morgan fingerprint density at radius 1 is 1.05 bits per heavy atom. The molecule has 0 aliphatic heterocycles. The van der Waals surface area contributed by atoms with Crippen LogP contribution in [-0.4, -0.2) is 7.05 Å². The number of benzene rings is 2. The standard InChI is InChI=1S/C16H15BrF3N/c1-10-9-11(16(18,19)20)7-8-12(10)15(21-2)13-5-3-4-6-14(13)17/h3-9,15,21H,1-2H3. The monoisotopic (exact) mass is 357 g/mol. The fourth-order valence-corrected chi connectivity index (χ4v) is 2.88. The van der Waals surface area contributed by atoms with Crippen LogP contribution >= 0.6 is 15.9 Å². The molecular weight excluding hydrogens is 343 g/mol. The van der Waals surface area contributed by atoms with Gasteiger partial charge in [-0.1, -0.05) is 40.2 Å². The van der Waals surface area contributed by atoms with Gasteiger partial charge in [-0.05, 0) is 48.9 Å². The van der Waals surface area contributed by atoms with E-state index in [-0.39, 0.29) is 6.04 Å². The Morgan fingerprint density at radius 2 is 1.71 bits per heavy atom. The van der Waals surface area contributed by atoms with E-state index in [2.05, 4.69) is 21.2 Å². The van der Waals surface area contributed by atoms with E-state index in [1.165, 1.54) is 6.07 Å². The Bertz CT molecular complexity index is 638. The smallest absolute Gasteiger partial charge is 0.309 e. The summed E-state index contributed by atoms with van der Waals surface area (Å²) in [7, 11) is 1.79. The van der Waals surface area contributed by atoms with E-state index >= 15 is 0 Å². The van der Waals surface area contributed by atoms with Crippen LogP contribution in [0.3, 0.4) is 0 Å². The zero-order chi connectivity index (χ0) is 15.6. The SMILES string of the molecule is CNC(c1ccc(C(F)(F)F)cc1C)c1ccccc1Br. The first kappa shape index (κ1) is 16.0. The highest BCUT2D eigenvalue weighted by molar-refractivity contribution is 9.10. The van der Waals surface area contributed by atoms with Crippen LogP contribution in [0, 0.1) is 6.92 Å². The minimum atomic E-state index is -4.31. The van der Waals surface area contributed by atoms with Crippen molar-refractivity contribution in [3.8, 4) is 0 Å². The first-order valence-electron chi connectivity index (χ1n) is 6.44. The molecular formula is C16H15BrF3N. The Hall–Kier alpha value is -1.33. The normalized spacial score (nSPS) is 13.2. The lowest BCUT2D eigenvalue weighted by atomic mass is 9.93. The van der Waals surface area contributed by atoms with Gasteiger partial charge in [0.1, 0.15) is 0 Å². The molecule has 0 aliphatic carbocycles. The number of hydrogen-bond acceptors (Lipinski definition) is 1. The van der Waals surface area contributed by atoms with Crippen molar-refractivity contribution in [2.24, 2.45) is 0 Å². The Kier molecular flexibility index (Phi) is 4.74. The van der Waals surface area contributed by atoms with Crippen molar-refractivity contribution >= 4 is 15.9 Å². The average molecular weight is 358 g/mol. The van der Waals surface area contributed by atoms with Crippen LogP contribution in [0.4, 0.5) is 13.2 Å². The van der Waals surface area contributed by atoms with Crippen LogP contribution in [0.2, 0.25) is 0 Å². The highest BCUT2D eigenvalue weighted by Crippen LogP contribution is 2.34. The summed E-state index contributed by atoms with van der Waals surface area (Å²) in [5.74, 6) is 0. The van der Waals surface area contributed by atoms with E-state index < -0.39 is 11.7 Å². The third-order valence-electron chi connectivity index (χ3n) is 3.41. The number of aryl methyl sites for hydroxylation is 1. The summed E-state index contributed by atoms with van der Waals surface area (Å²) in [6.07, 6.45) is -4.31.